The Morgan fingerprint density at radius 2 is 2.12 bits per heavy atom. The summed E-state index contributed by atoms with van der Waals surface area (Å²) in [7, 11) is 1.50. The van der Waals surface area contributed by atoms with Crippen molar-refractivity contribution in [3.63, 3.8) is 0 Å². The molecule has 1 amide bonds. The first-order chi connectivity index (χ1) is 12.1. The first-order valence-electron chi connectivity index (χ1n) is 7.58. The van der Waals surface area contributed by atoms with Crippen LogP contribution in [0.3, 0.4) is 0 Å². The van der Waals surface area contributed by atoms with E-state index < -0.39 is 0 Å². The van der Waals surface area contributed by atoms with Crippen molar-refractivity contribution in [2.45, 2.75) is 13.5 Å². The van der Waals surface area contributed by atoms with Gasteiger partial charge >= 0.3 is 0 Å². The highest BCUT2D eigenvalue weighted by molar-refractivity contribution is 6.33. The van der Waals surface area contributed by atoms with Crippen LogP contribution in [0.25, 0.3) is 11.3 Å². The minimum absolute atomic E-state index is 0.220. The third-order valence-corrected chi connectivity index (χ3v) is 3.93. The van der Waals surface area contributed by atoms with Gasteiger partial charge in [-0.2, -0.15) is 0 Å². The lowest BCUT2D eigenvalue weighted by atomic mass is 10.1. The van der Waals surface area contributed by atoms with Crippen molar-refractivity contribution >= 4 is 17.5 Å². The fourth-order valence-electron chi connectivity index (χ4n) is 2.34. The van der Waals surface area contributed by atoms with E-state index in [1.807, 2.05) is 25.1 Å². The number of nitrogens with zero attached hydrogens (tertiary/aromatic N) is 2. The maximum atomic E-state index is 12.4. The Morgan fingerprint density at radius 3 is 2.88 bits per heavy atom. The predicted octanol–water partition coefficient (Wildman–Crippen LogP) is 3.64. The van der Waals surface area contributed by atoms with Gasteiger partial charge in [-0.25, -0.2) is 0 Å². The van der Waals surface area contributed by atoms with E-state index in [2.05, 4.69) is 15.5 Å². The Morgan fingerprint density at radius 1 is 1.32 bits per heavy atom. The smallest absolute Gasteiger partial charge is 0.255 e. The molecular formula is C18H16ClN3O3. The van der Waals surface area contributed by atoms with Crippen LogP contribution < -0.4 is 10.1 Å². The first-order valence-corrected chi connectivity index (χ1v) is 7.95. The van der Waals surface area contributed by atoms with Crippen LogP contribution in [0.15, 0.2) is 47.1 Å². The number of hydrogen-bond acceptors (Lipinski definition) is 5. The summed E-state index contributed by atoms with van der Waals surface area (Å²) in [5.74, 6) is 0.692. The van der Waals surface area contributed by atoms with Crippen LogP contribution in [0.4, 0.5) is 0 Å². The van der Waals surface area contributed by atoms with Gasteiger partial charge in [0.2, 0.25) is 0 Å². The number of aromatic nitrogens is 2. The molecule has 0 aliphatic carbocycles. The summed E-state index contributed by atoms with van der Waals surface area (Å²) in [6.07, 6.45) is 1.52. The maximum absolute atomic E-state index is 12.4. The monoisotopic (exact) mass is 357 g/mol. The zero-order valence-electron chi connectivity index (χ0n) is 13.7. The Bertz CT molecular complexity index is 908. The standard InChI is InChI=1S/C18H16ClN3O3/c1-11-7-14(17(24-2)10-20-11)18(23)21-9-12-8-16(25-22-12)13-5-3-4-6-15(13)19/h3-8,10H,9H2,1-2H3,(H,21,23). The summed E-state index contributed by atoms with van der Waals surface area (Å²) < 4.78 is 10.5. The summed E-state index contributed by atoms with van der Waals surface area (Å²) in [5, 5.41) is 7.34. The average molecular weight is 358 g/mol. The maximum Gasteiger partial charge on any atom is 0.255 e. The van der Waals surface area contributed by atoms with Crippen LogP contribution in [-0.2, 0) is 6.54 Å². The lowest BCUT2D eigenvalue weighted by molar-refractivity contribution is 0.0946. The van der Waals surface area contributed by atoms with Gasteiger partial charge in [0, 0.05) is 17.3 Å². The van der Waals surface area contributed by atoms with Crippen LogP contribution in [0.1, 0.15) is 21.7 Å². The van der Waals surface area contributed by atoms with Crippen molar-refractivity contribution in [2.75, 3.05) is 7.11 Å². The van der Waals surface area contributed by atoms with Crippen LogP contribution in [-0.4, -0.2) is 23.2 Å². The summed E-state index contributed by atoms with van der Waals surface area (Å²) >= 11 is 6.15. The van der Waals surface area contributed by atoms with Gasteiger partial charge in [-0.05, 0) is 25.1 Å². The molecule has 3 rings (SSSR count). The van der Waals surface area contributed by atoms with Gasteiger partial charge in [-0.15, -0.1) is 0 Å². The fraction of sp³-hybridized carbons (Fsp3) is 0.167. The topological polar surface area (TPSA) is 77.2 Å². The fourth-order valence-corrected chi connectivity index (χ4v) is 2.57. The number of hydrogen-bond donors (Lipinski definition) is 1. The zero-order valence-corrected chi connectivity index (χ0v) is 14.5. The second kappa shape index (κ2) is 7.36. The van der Waals surface area contributed by atoms with E-state index in [1.54, 1.807) is 18.2 Å². The van der Waals surface area contributed by atoms with E-state index >= 15 is 0 Å². The molecule has 1 N–H and O–H groups in total. The zero-order chi connectivity index (χ0) is 17.8. The summed E-state index contributed by atoms with van der Waals surface area (Å²) in [6.45, 7) is 2.03. The molecule has 25 heavy (non-hydrogen) atoms. The number of nitrogens with one attached hydrogen (secondary N) is 1. The van der Waals surface area contributed by atoms with E-state index in [4.69, 9.17) is 20.9 Å². The highest BCUT2D eigenvalue weighted by Crippen LogP contribution is 2.28. The highest BCUT2D eigenvalue weighted by Gasteiger charge is 2.15. The Kier molecular flexibility index (Phi) is 5.00. The van der Waals surface area contributed by atoms with Crippen molar-refractivity contribution in [3.05, 3.63) is 64.6 Å². The molecule has 2 aromatic heterocycles. The molecule has 128 valence electrons. The molecule has 7 heteroatoms. The van der Waals surface area contributed by atoms with Crippen LogP contribution >= 0.6 is 11.6 Å². The molecular weight excluding hydrogens is 342 g/mol. The number of halogens is 1. The summed E-state index contributed by atoms with van der Waals surface area (Å²) in [5.41, 5.74) is 2.49. The Labute approximate surface area is 149 Å². The SMILES string of the molecule is COc1cnc(C)cc1C(=O)NCc1cc(-c2ccccc2Cl)on1. The second-order valence-electron chi connectivity index (χ2n) is 5.37. The molecule has 0 aliphatic rings. The molecule has 0 aliphatic heterocycles. The van der Waals surface area contributed by atoms with Crippen molar-refractivity contribution < 1.29 is 14.1 Å². The third-order valence-electron chi connectivity index (χ3n) is 3.60. The molecule has 2 heterocycles. The Hall–Kier alpha value is -2.86. The number of carbonyl (C=O) groups is 1. The molecule has 0 bridgehead atoms. The second-order valence-corrected chi connectivity index (χ2v) is 5.78. The molecule has 0 atom stereocenters. The number of amides is 1. The van der Waals surface area contributed by atoms with Gasteiger partial charge in [0.25, 0.3) is 5.91 Å². The highest BCUT2D eigenvalue weighted by atomic mass is 35.5. The molecule has 6 nitrogen and oxygen atoms in total. The largest absolute Gasteiger partial charge is 0.494 e. The van der Waals surface area contributed by atoms with Crippen molar-refractivity contribution in [3.8, 4) is 17.1 Å². The Balaban J connectivity index is 1.72. The predicted molar refractivity (Wildman–Crippen MR) is 93.6 cm³/mol. The first kappa shape index (κ1) is 17.0. The van der Waals surface area contributed by atoms with E-state index in [-0.39, 0.29) is 12.5 Å². The molecule has 0 saturated carbocycles. The van der Waals surface area contributed by atoms with Gasteiger partial charge in [0.1, 0.15) is 11.4 Å². The molecule has 0 saturated heterocycles. The molecule has 0 fully saturated rings. The van der Waals surface area contributed by atoms with Gasteiger partial charge in [0.15, 0.2) is 5.76 Å². The van der Waals surface area contributed by atoms with E-state index in [1.165, 1.54) is 13.3 Å². The van der Waals surface area contributed by atoms with E-state index in [9.17, 15) is 4.79 Å². The van der Waals surface area contributed by atoms with Crippen LogP contribution in [0.5, 0.6) is 5.75 Å². The van der Waals surface area contributed by atoms with E-state index in [0.717, 1.165) is 11.3 Å². The number of pyridine rings is 1. The van der Waals surface area contributed by atoms with Crippen molar-refractivity contribution in [1.82, 2.24) is 15.5 Å². The summed E-state index contributed by atoms with van der Waals surface area (Å²) in [4.78, 5) is 16.5. The average Bonchev–Trinajstić information content (AvgIpc) is 3.08. The number of ether oxygens (including phenoxy) is 1. The van der Waals surface area contributed by atoms with E-state index in [0.29, 0.717) is 27.8 Å². The van der Waals surface area contributed by atoms with Gasteiger partial charge in [-0.1, -0.05) is 28.9 Å². The normalized spacial score (nSPS) is 10.5. The minimum atomic E-state index is -0.273. The quantitative estimate of drug-likeness (QED) is 0.754. The number of benzene rings is 1. The molecule has 1 aromatic carbocycles. The van der Waals surface area contributed by atoms with Crippen molar-refractivity contribution in [1.29, 1.82) is 0 Å². The molecule has 0 spiro atoms. The number of carbonyl (C=O) groups excluding carboxylic acids is 1. The number of aryl methyl sites for hydroxylation is 1. The number of methoxy groups -OCH3 is 1. The lowest BCUT2D eigenvalue weighted by Gasteiger charge is -2.08. The minimum Gasteiger partial charge on any atom is -0.494 e. The molecule has 3 aromatic rings. The molecule has 0 radical (unpaired) electrons. The van der Waals surface area contributed by atoms with Gasteiger partial charge < -0.3 is 14.6 Å². The van der Waals surface area contributed by atoms with Crippen LogP contribution in [0, 0.1) is 6.92 Å². The molecule has 0 unspecified atom stereocenters. The van der Waals surface area contributed by atoms with Crippen LogP contribution in [0.2, 0.25) is 5.02 Å². The number of rotatable bonds is 5. The van der Waals surface area contributed by atoms with Crippen molar-refractivity contribution in [2.24, 2.45) is 0 Å². The lowest BCUT2D eigenvalue weighted by Crippen LogP contribution is -2.23. The third kappa shape index (κ3) is 3.80. The van der Waals surface area contributed by atoms with Gasteiger partial charge in [0.05, 0.1) is 30.4 Å². The summed E-state index contributed by atoms with van der Waals surface area (Å²) in [6, 6.07) is 10.7. The van der Waals surface area contributed by atoms with Gasteiger partial charge in [-0.3, -0.25) is 9.78 Å².